The van der Waals surface area contributed by atoms with Crippen LogP contribution in [0.25, 0.3) is 0 Å². The molecule has 0 spiro atoms. The number of hydrogen-bond acceptors (Lipinski definition) is 3. The third-order valence-corrected chi connectivity index (χ3v) is 2.53. The molecule has 17 heavy (non-hydrogen) atoms. The minimum atomic E-state index is -0.376. The van der Waals surface area contributed by atoms with Crippen LogP contribution >= 0.6 is 0 Å². The summed E-state index contributed by atoms with van der Waals surface area (Å²) in [5.74, 6) is 1.33. The van der Waals surface area contributed by atoms with Crippen LogP contribution in [0.4, 0.5) is 0 Å². The highest BCUT2D eigenvalue weighted by atomic mass is 16.5. The SMILES string of the molecule is CC(C)CCCCNCC(O)COCC(C)C. The molecule has 0 aliphatic rings. The van der Waals surface area contributed by atoms with Crippen molar-refractivity contribution >= 4 is 0 Å². The van der Waals surface area contributed by atoms with Crippen LogP contribution in [0.3, 0.4) is 0 Å². The van der Waals surface area contributed by atoms with E-state index in [0.717, 1.165) is 19.1 Å². The van der Waals surface area contributed by atoms with Crippen molar-refractivity contribution in [2.75, 3.05) is 26.3 Å². The van der Waals surface area contributed by atoms with Gasteiger partial charge in [0.25, 0.3) is 0 Å². The summed E-state index contributed by atoms with van der Waals surface area (Å²) in [5, 5.41) is 12.9. The van der Waals surface area contributed by atoms with Gasteiger partial charge >= 0.3 is 0 Å². The molecule has 0 aromatic rings. The third-order valence-electron chi connectivity index (χ3n) is 2.53. The summed E-state index contributed by atoms with van der Waals surface area (Å²) in [6.45, 7) is 11.5. The van der Waals surface area contributed by atoms with Gasteiger partial charge in [0.2, 0.25) is 0 Å². The lowest BCUT2D eigenvalue weighted by molar-refractivity contribution is 0.0262. The predicted molar refractivity (Wildman–Crippen MR) is 73.2 cm³/mol. The van der Waals surface area contributed by atoms with Crippen LogP contribution in [0.1, 0.15) is 47.0 Å². The Morgan fingerprint density at radius 2 is 1.71 bits per heavy atom. The molecule has 0 aromatic heterocycles. The minimum Gasteiger partial charge on any atom is -0.389 e. The van der Waals surface area contributed by atoms with Crippen molar-refractivity contribution < 1.29 is 9.84 Å². The number of hydrogen-bond donors (Lipinski definition) is 2. The first-order valence-electron chi connectivity index (χ1n) is 6.99. The molecule has 0 heterocycles. The van der Waals surface area contributed by atoms with Crippen LogP contribution in [0.15, 0.2) is 0 Å². The molecule has 0 bridgehead atoms. The first kappa shape index (κ1) is 16.9. The van der Waals surface area contributed by atoms with Gasteiger partial charge in [-0.25, -0.2) is 0 Å². The van der Waals surface area contributed by atoms with E-state index < -0.39 is 0 Å². The Kier molecular flexibility index (Phi) is 10.9. The molecule has 0 aliphatic carbocycles. The van der Waals surface area contributed by atoms with E-state index in [1.54, 1.807) is 0 Å². The van der Waals surface area contributed by atoms with Gasteiger partial charge in [0.1, 0.15) is 0 Å². The number of aliphatic hydroxyl groups excluding tert-OH is 1. The topological polar surface area (TPSA) is 41.5 Å². The van der Waals surface area contributed by atoms with Gasteiger partial charge in [-0.2, -0.15) is 0 Å². The molecule has 3 nitrogen and oxygen atoms in total. The van der Waals surface area contributed by atoms with Gasteiger partial charge in [0, 0.05) is 13.2 Å². The average molecular weight is 245 g/mol. The first-order chi connectivity index (χ1) is 8.02. The van der Waals surface area contributed by atoms with Gasteiger partial charge in [0.05, 0.1) is 12.7 Å². The maximum Gasteiger partial charge on any atom is 0.0897 e. The molecule has 0 aliphatic heterocycles. The van der Waals surface area contributed by atoms with E-state index in [0.29, 0.717) is 19.1 Å². The van der Waals surface area contributed by atoms with Crippen molar-refractivity contribution in [3.05, 3.63) is 0 Å². The summed E-state index contributed by atoms with van der Waals surface area (Å²) in [7, 11) is 0. The Balaban J connectivity index is 3.19. The van der Waals surface area contributed by atoms with Crippen molar-refractivity contribution in [1.82, 2.24) is 5.32 Å². The molecule has 0 fully saturated rings. The average Bonchev–Trinajstić information content (AvgIpc) is 2.22. The lowest BCUT2D eigenvalue weighted by atomic mass is 10.1. The van der Waals surface area contributed by atoms with Crippen molar-refractivity contribution in [3.8, 4) is 0 Å². The lowest BCUT2D eigenvalue weighted by Gasteiger charge is -2.13. The van der Waals surface area contributed by atoms with E-state index in [4.69, 9.17) is 4.74 Å². The van der Waals surface area contributed by atoms with Crippen molar-refractivity contribution in [2.24, 2.45) is 11.8 Å². The highest BCUT2D eigenvalue weighted by Crippen LogP contribution is 2.04. The van der Waals surface area contributed by atoms with E-state index in [1.807, 2.05) is 0 Å². The Labute approximate surface area is 107 Å². The predicted octanol–water partition coefficient (Wildman–Crippen LogP) is 2.44. The Morgan fingerprint density at radius 3 is 2.29 bits per heavy atom. The number of aliphatic hydroxyl groups is 1. The molecular formula is C14H31NO2. The highest BCUT2D eigenvalue weighted by Gasteiger charge is 2.04. The molecule has 0 saturated heterocycles. The van der Waals surface area contributed by atoms with E-state index >= 15 is 0 Å². The number of ether oxygens (including phenoxy) is 1. The zero-order valence-electron chi connectivity index (χ0n) is 12.0. The normalized spacial score (nSPS) is 13.6. The summed E-state index contributed by atoms with van der Waals surface area (Å²) in [5.41, 5.74) is 0. The molecular weight excluding hydrogens is 214 g/mol. The quantitative estimate of drug-likeness (QED) is 0.549. The van der Waals surface area contributed by atoms with Gasteiger partial charge < -0.3 is 15.2 Å². The zero-order chi connectivity index (χ0) is 13.1. The molecule has 0 rings (SSSR count). The fourth-order valence-electron chi connectivity index (χ4n) is 1.57. The fourth-order valence-corrected chi connectivity index (χ4v) is 1.57. The summed E-state index contributed by atoms with van der Waals surface area (Å²) in [6, 6.07) is 0. The third kappa shape index (κ3) is 13.8. The van der Waals surface area contributed by atoms with Gasteiger partial charge in [-0.15, -0.1) is 0 Å². The maximum atomic E-state index is 9.62. The largest absolute Gasteiger partial charge is 0.389 e. The zero-order valence-corrected chi connectivity index (χ0v) is 12.0. The van der Waals surface area contributed by atoms with Crippen LogP contribution in [0, 0.1) is 11.8 Å². The minimum absolute atomic E-state index is 0.376. The van der Waals surface area contributed by atoms with Crippen molar-refractivity contribution in [2.45, 2.75) is 53.1 Å². The van der Waals surface area contributed by atoms with E-state index in [1.165, 1.54) is 19.3 Å². The van der Waals surface area contributed by atoms with Crippen molar-refractivity contribution in [3.63, 3.8) is 0 Å². The smallest absolute Gasteiger partial charge is 0.0897 e. The number of nitrogens with one attached hydrogen (secondary N) is 1. The van der Waals surface area contributed by atoms with Crippen LogP contribution in [0.5, 0.6) is 0 Å². The van der Waals surface area contributed by atoms with Crippen LogP contribution < -0.4 is 5.32 Å². The monoisotopic (exact) mass is 245 g/mol. The lowest BCUT2D eigenvalue weighted by Crippen LogP contribution is -2.31. The Bertz CT molecular complexity index is 160. The summed E-state index contributed by atoms with van der Waals surface area (Å²) >= 11 is 0. The van der Waals surface area contributed by atoms with Gasteiger partial charge in [-0.3, -0.25) is 0 Å². The standard InChI is InChI=1S/C14H31NO2/c1-12(2)7-5-6-8-15-9-14(16)11-17-10-13(3)4/h12-16H,5-11H2,1-4H3. The van der Waals surface area contributed by atoms with Gasteiger partial charge in [0.15, 0.2) is 0 Å². The summed E-state index contributed by atoms with van der Waals surface area (Å²) in [6.07, 6.45) is 3.38. The molecule has 0 radical (unpaired) electrons. The molecule has 2 N–H and O–H groups in total. The molecule has 3 heteroatoms. The molecule has 0 amide bonds. The highest BCUT2D eigenvalue weighted by molar-refractivity contribution is 4.59. The second-order valence-electron chi connectivity index (χ2n) is 5.68. The molecule has 104 valence electrons. The number of unbranched alkanes of at least 4 members (excludes halogenated alkanes) is 1. The van der Waals surface area contributed by atoms with Gasteiger partial charge in [-0.05, 0) is 24.8 Å². The molecule has 1 unspecified atom stereocenters. The summed E-state index contributed by atoms with van der Waals surface area (Å²) in [4.78, 5) is 0. The second kappa shape index (κ2) is 11.0. The molecule has 0 aromatic carbocycles. The summed E-state index contributed by atoms with van der Waals surface area (Å²) < 4.78 is 5.38. The van der Waals surface area contributed by atoms with E-state index in [9.17, 15) is 5.11 Å². The van der Waals surface area contributed by atoms with Gasteiger partial charge in [-0.1, -0.05) is 40.5 Å². The van der Waals surface area contributed by atoms with Crippen LogP contribution in [-0.2, 0) is 4.74 Å². The van der Waals surface area contributed by atoms with E-state index in [-0.39, 0.29) is 6.10 Å². The number of rotatable bonds is 11. The van der Waals surface area contributed by atoms with Crippen molar-refractivity contribution in [1.29, 1.82) is 0 Å². The second-order valence-corrected chi connectivity index (χ2v) is 5.68. The first-order valence-corrected chi connectivity index (χ1v) is 6.99. The molecule has 0 saturated carbocycles. The van der Waals surface area contributed by atoms with E-state index in [2.05, 4.69) is 33.0 Å². The Hall–Kier alpha value is -0.120. The maximum absolute atomic E-state index is 9.62. The van der Waals surface area contributed by atoms with Crippen LogP contribution in [0.2, 0.25) is 0 Å². The molecule has 1 atom stereocenters. The fraction of sp³-hybridized carbons (Fsp3) is 1.00. The van der Waals surface area contributed by atoms with Crippen LogP contribution in [-0.4, -0.2) is 37.5 Å². The Morgan fingerprint density at radius 1 is 1.00 bits per heavy atom.